The van der Waals surface area contributed by atoms with E-state index in [-0.39, 0.29) is 5.97 Å². The first kappa shape index (κ1) is 25.3. The van der Waals surface area contributed by atoms with E-state index in [0.717, 1.165) is 31.2 Å². The summed E-state index contributed by atoms with van der Waals surface area (Å²) in [5, 5.41) is 0. The molecule has 0 fully saturated rings. The highest BCUT2D eigenvalue weighted by Crippen LogP contribution is 2.29. The van der Waals surface area contributed by atoms with Crippen LogP contribution < -0.4 is 9.47 Å². The SMILES string of the molecule is C=C(C)C(=O)OCCCCCCOc1ccc(C=CC(=O)OC(C)(C)C)cc1OC. The van der Waals surface area contributed by atoms with E-state index in [1.54, 1.807) is 20.1 Å². The molecule has 0 bridgehead atoms. The topological polar surface area (TPSA) is 71.1 Å². The number of esters is 2. The van der Waals surface area contributed by atoms with Gasteiger partial charge in [-0.25, -0.2) is 9.59 Å². The molecule has 0 unspecified atom stereocenters. The van der Waals surface area contributed by atoms with Crippen molar-refractivity contribution in [1.82, 2.24) is 0 Å². The average molecular weight is 419 g/mol. The Bertz CT molecular complexity index is 743. The highest BCUT2D eigenvalue weighted by molar-refractivity contribution is 5.87. The quantitative estimate of drug-likeness (QED) is 0.267. The zero-order valence-corrected chi connectivity index (χ0v) is 18.8. The summed E-state index contributed by atoms with van der Waals surface area (Å²) in [4.78, 5) is 23.1. The lowest BCUT2D eigenvalue weighted by molar-refractivity contribution is -0.148. The maximum absolute atomic E-state index is 11.8. The van der Waals surface area contributed by atoms with Gasteiger partial charge in [0.15, 0.2) is 11.5 Å². The van der Waals surface area contributed by atoms with Crippen LogP contribution in [-0.2, 0) is 19.1 Å². The van der Waals surface area contributed by atoms with E-state index >= 15 is 0 Å². The molecule has 0 spiro atoms. The van der Waals surface area contributed by atoms with Gasteiger partial charge in [0.25, 0.3) is 0 Å². The molecule has 166 valence electrons. The molecule has 0 aliphatic heterocycles. The molecular weight excluding hydrogens is 384 g/mol. The molecule has 0 heterocycles. The number of ether oxygens (including phenoxy) is 4. The molecule has 0 atom stereocenters. The summed E-state index contributed by atoms with van der Waals surface area (Å²) < 4.78 is 21.5. The molecule has 0 amide bonds. The van der Waals surface area contributed by atoms with Gasteiger partial charge in [-0.05, 0) is 77.2 Å². The van der Waals surface area contributed by atoms with Crippen LogP contribution in [0.4, 0.5) is 0 Å². The zero-order chi connectivity index (χ0) is 22.6. The van der Waals surface area contributed by atoms with Gasteiger partial charge >= 0.3 is 11.9 Å². The molecule has 1 aromatic carbocycles. The van der Waals surface area contributed by atoms with Crippen molar-refractivity contribution in [3.63, 3.8) is 0 Å². The van der Waals surface area contributed by atoms with Crippen LogP contribution in [0.25, 0.3) is 6.08 Å². The minimum atomic E-state index is -0.522. The van der Waals surface area contributed by atoms with E-state index in [1.165, 1.54) is 6.08 Å². The van der Waals surface area contributed by atoms with Gasteiger partial charge in [-0.15, -0.1) is 0 Å². The van der Waals surface area contributed by atoms with Gasteiger partial charge in [0, 0.05) is 11.6 Å². The Morgan fingerprint density at radius 1 is 1.03 bits per heavy atom. The molecule has 0 aliphatic rings. The largest absolute Gasteiger partial charge is 0.493 e. The van der Waals surface area contributed by atoms with E-state index in [0.29, 0.717) is 30.3 Å². The van der Waals surface area contributed by atoms with Crippen LogP contribution in [0, 0.1) is 0 Å². The van der Waals surface area contributed by atoms with Crippen molar-refractivity contribution >= 4 is 18.0 Å². The van der Waals surface area contributed by atoms with Crippen LogP contribution in [0.2, 0.25) is 0 Å². The van der Waals surface area contributed by atoms with Gasteiger partial charge in [-0.3, -0.25) is 0 Å². The van der Waals surface area contributed by atoms with Crippen LogP contribution in [-0.4, -0.2) is 37.9 Å². The first-order valence-electron chi connectivity index (χ1n) is 10.2. The fraction of sp³-hybridized carbons (Fsp3) is 0.500. The number of unbranched alkanes of at least 4 members (excludes halogenated alkanes) is 3. The molecule has 6 nitrogen and oxygen atoms in total. The molecular formula is C24H34O6. The third kappa shape index (κ3) is 10.7. The number of hydrogen-bond acceptors (Lipinski definition) is 6. The van der Waals surface area contributed by atoms with Crippen LogP contribution >= 0.6 is 0 Å². The predicted molar refractivity (Wildman–Crippen MR) is 118 cm³/mol. The summed E-state index contributed by atoms with van der Waals surface area (Å²) >= 11 is 0. The maximum Gasteiger partial charge on any atom is 0.333 e. The molecule has 0 aromatic heterocycles. The Morgan fingerprint density at radius 2 is 1.70 bits per heavy atom. The molecule has 0 N–H and O–H groups in total. The smallest absolute Gasteiger partial charge is 0.333 e. The summed E-state index contributed by atoms with van der Waals surface area (Å²) in [6.07, 6.45) is 6.72. The second-order valence-electron chi connectivity index (χ2n) is 7.96. The number of benzene rings is 1. The van der Waals surface area contributed by atoms with Crippen LogP contribution in [0.1, 0.15) is 58.9 Å². The van der Waals surface area contributed by atoms with Crippen molar-refractivity contribution in [3.8, 4) is 11.5 Å². The monoisotopic (exact) mass is 418 g/mol. The average Bonchev–Trinajstić information content (AvgIpc) is 2.67. The van der Waals surface area contributed by atoms with Crippen molar-refractivity contribution in [2.24, 2.45) is 0 Å². The molecule has 0 aliphatic carbocycles. The second-order valence-corrected chi connectivity index (χ2v) is 7.96. The summed E-state index contributed by atoms with van der Waals surface area (Å²) in [7, 11) is 1.58. The van der Waals surface area contributed by atoms with Gasteiger partial charge in [-0.2, -0.15) is 0 Å². The first-order valence-corrected chi connectivity index (χ1v) is 10.2. The zero-order valence-electron chi connectivity index (χ0n) is 18.8. The summed E-state index contributed by atoms with van der Waals surface area (Å²) in [6, 6.07) is 5.49. The van der Waals surface area contributed by atoms with Gasteiger partial charge < -0.3 is 18.9 Å². The molecule has 0 radical (unpaired) electrons. The summed E-state index contributed by atoms with van der Waals surface area (Å²) in [6.45, 7) is 11.6. The van der Waals surface area contributed by atoms with E-state index in [4.69, 9.17) is 18.9 Å². The van der Waals surface area contributed by atoms with Gasteiger partial charge in [0.2, 0.25) is 0 Å². The third-order valence-electron chi connectivity index (χ3n) is 3.88. The Balaban J connectivity index is 2.39. The van der Waals surface area contributed by atoms with Gasteiger partial charge in [0.1, 0.15) is 5.60 Å². The number of rotatable bonds is 12. The number of carbonyl (C=O) groups is 2. The minimum Gasteiger partial charge on any atom is -0.493 e. The number of methoxy groups -OCH3 is 1. The molecule has 0 saturated carbocycles. The van der Waals surface area contributed by atoms with Crippen LogP contribution in [0.15, 0.2) is 36.4 Å². The Labute approximate surface area is 179 Å². The number of hydrogen-bond donors (Lipinski definition) is 0. The molecule has 6 heteroatoms. The van der Waals surface area contributed by atoms with Gasteiger partial charge in [0.05, 0.1) is 20.3 Å². The highest BCUT2D eigenvalue weighted by Gasteiger charge is 2.14. The number of carbonyl (C=O) groups excluding carboxylic acids is 2. The Hall–Kier alpha value is -2.76. The van der Waals surface area contributed by atoms with E-state index in [2.05, 4.69) is 6.58 Å². The van der Waals surface area contributed by atoms with E-state index in [1.807, 2.05) is 39.0 Å². The summed E-state index contributed by atoms with van der Waals surface area (Å²) in [5.74, 6) is 0.529. The lowest BCUT2D eigenvalue weighted by Crippen LogP contribution is -2.22. The summed E-state index contributed by atoms with van der Waals surface area (Å²) in [5.41, 5.74) is 0.712. The fourth-order valence-electron chi connectivity index (χ4n) is 2.44. The highest BCUT2D eigenvalue weighted by atomic mass is 16.6. The van der Waals surface area contributed by atoms with Crippen molar-refractivity contribution in [2.75, 3.05) is 20.3 Å². The van der Waals surface area contributed by atoms with E-state index in [9.17, 15) is 9.59 Å². The van der Waals surface area contributed by atoms with Crippen molar-refractivity contribution in [2.45, 2.75) is 59.0 Å². The Kier molecular flexibility index (Phi) is 10.7. The van der Waals surface area contributed by atoms with Crippen LogP contribution in [0.3, 0.4) is 0 Å². The minimum absolute atomic E-state index is 0.338. The molecule has 1 rings (SSSR count). The molecule has 0 saturated heterocycles. The lowest BCUT2D eigenvalue weighted by atomic mass is 10.1. The van der Waals surface area contributed by atoms with Crippen molar-refractivity contribution < 1.29 is 28.5 Å². The lowest BCUT2D eigenvalue weighted by Gasteiger charge is -2.17. The van der Waals surface area contributed by atoms with Crippen molar-refractivity contribution in [1.29, 1.82) is 0 Å². The standard InChI is InChI=1S/C24H34O6/c1-18(2)23(26)29-16-10-8-7-9-15-28-20-13-11-19(17-21(20)27-6)12-14-22(25)30-24(3,4)5/h11-14,17H,1,7-10,15-16H2,2-6H3. The van der Waals surface area contributed by atoms with Crippen LogP contribution in [0.5, 0.6) is 11.5 Å². The normalized spacial score (nSPS) is 11.2. The fourth-order valence-corrected chi connectivity index (χ4v) is 2.44. The van der Waals surface area contributed by atoms with E-state index < -0.39 is 11.6 Å². The maximum atomic E-state index is 11.8. The van der Waals surface area contributed by atoms with Crippen molar-refractivity contribution in [3.05, 3.63) is 42.0 Å². The third-order valence-corrected chi connectivity index (χ3v) is 3.88. The molecule has 1 aromatic rings. The first-order chi connectivity index (χ1) is 14.1. The second kappa shape index (κ2) is 12.7. The molecule has 30 heavy (non-hydrogen) atoms. The Morgan fingerprint density at radius 3 is 2.30 bits per heavy atom. The van der Waals surface area contributed by atoms with Gasteiger partial charge in [-0.1, -0.05) is 12.6 Å². The predicted octanol–water partition coefficient (Wildman–Crippen LogP) is 5.11.